The fourth-order valence-corrected chi connectivity index (χ4v) is 2.71. The van der Waals surface area contributed by atoms with Gasteiger partial charge >= 0.3 is 0 Å². The van der Waals surface area contributed by atoms with Crippen LogP contribution in [0.4, 0.5) is 4.39 Å². The lowest BCUT2D eigenvalue weighted by Gasteiger charge is -2.22. The van der Waals surface area contributed by atoms with Crippen LogP contribution >= 0.6 is 15.9 Å². The van der Waals surface area contributed by atoms with Crippen LogP contribution in [0.2, 0.25) is 0 Å². The Labute approximate surface area is 119 Å². The number of nitrogens with two attached hydrogens (primary N) is 1. The Balaban J connectivity index is 2.18. The molecule has 0 aromatic heterocycles. The molecule has 1 aromatic carbocycles. The third-order valence-corrected chi connectivity index (χ3v) is 4.08. The third kappa shape index (κ3) is 3.25. The van der Waals surface area contributed by atoms with Crippen molar-refractivity contribution in [2.75, 3.05) is 13.7 Å². The average molecular weight is 331 g/mol. The second-order valence-electron chi connectivity index (χ2n) is 4.64. The van der Waals surface area contributed by atoms with Crippen LogP contribution in [0, 0.1) is 0 Å². The first-order chi connectivity index (χ1) is 9.01. The van der Waals surface area contributed by atoms with Gasteiger partial charge in [-0.25, -0.2) is 4.39 Å². The number of halogens is 2. The van der Waals surface area contributed by atoms with Crippen molar-refractivity contribution in [1.82, 2.24) is 4.90 Å². The number of rotatable bonds is 4. The average Bonchev–Trinajstić information content (AvgIpc) is 2.73. The molecule has 0 radical (unpaired) electrons. The highest BCUT2D eigenvalue weighted by Gasteiger charge is 2.35. The van der Waals surface area contributed by atoms with E-state index in [-0.39, 0.29) is 13.0 Å². The second-order valence-corrected chi connectivity index (χ2v) is 5.49. The molecule has 1 aliphatic heterocycles. The zero-order chi connectivity index (χ0) is 14.0. The van der Waals surface area contributed by atoms with Crippen molar-refractivity contribution in [3.63, 3.8) is 0 Å². The number of hydrogen-bond donors (Lipinski definition) is 1. The summed E-state index contributed by atoms with van der Waals surface area (Å²) in [5.41, 5.74) is 6.26. The van der Waals surface area contributed by atoms with Gasteiger partial charge in [-0.3, -0.25) is 9.69 Å². The van der Waals surface area contributed by atoms with E-state index < -0.39 is 18.1 Å². The first-order valence-corrected chi connectivity index (χ1v) is 6.80. The van der Waals surface area contributed by atoms with E-state index in [9.17, 15) is 9.18 Å². The second kappa shape index (κ2) is 5.88. The lowest BCUT2D eigenvalue weighted by Crippen LogP contribution is -2.39. The van der Waals surface area contributed by atoms with Crippen LogP contribution in [-0.4, -0.2) is 36.7 Å². The largest absolute Gasteiger partial charge is 0.497 e. The summed E-state index contributed by atoms with van der Waals surface area (Å²) < 4.78 is 19.5. The Morgan fingerprint density at radius 1 is 1.63 bits per heavy atom. The van der Waals surface area contributed by atoms with E-state index in [0.717, 1.165) is 15.8 Å². The van der Waals surface area contributed by atoms with E-state index in [4.69, 9.17) is 10.5 Å². The standard InChI is InChI=1S/C13H16BrFN2O2/c1-19-10-2-3-11(14)8(4-10)6-17-7-9(15)5-12(17)13(16)18/h2-4,9,12H,5-7H2,1H3,(H2,16,18)/t9-,12+/m1/s1. The van der Waals surface area contributed by atoms with Crippen molar-refractivity contribution in [3.8, 4) is 5.75 Å². The fourth-order valence-electron chi connectivity index (χ4n) is 2.34. The van der Waals surface area contributed by atoms with Gasteiger partial charge in [-0.1, -0.05) is 15.9 Å². The summed E-state index contributed by atoms with van der Waals surface area (Å²) in [6, 6.07) is 5.04. The van der Waals surface area contributed by atoms with Crippen molar-refractivity contribution in [3.05, 3.63) is 28.2 Å². The summed E-state index contributed by atoms with van der Waals surface area (Å²) in [5.74, 6) is 0.254. The summed E-state index contributed by atoms with van der Waals surface area (Å²) in [6.07, 6.45) is -0.821. The van der Waals surface area contributed by atoms with E-state index in [1.807, 2.05) is 18.2 Å². The van der Waals surface area contributed by atoms with Crippen molar-refractivity contribution in [1.29, 1.82) is 0 Å². The molecule has 19 heavy (non-hydrogen) atoms. The maximum atomic E-state index is 13.4. The molecule has 6 heteroatoms. The number of primary amides is 1. The maximum absolute atomic E-state index is 13.4. The van der Waals surface area contributed by atoms with Gasteiger partial charge < -0.3 is 10.5 Å². The smallest absolute Gasteiger partial charge is 0.234 e. The van der Waals surface area contributed by atoms with Crippen molar-refractivity contribution < 1.29 is 13.9 Å². The molecule has 0 aliphatic carbocycles. The molecule has 1 saturated heterocycles. The lowest BCUT2D eigenvalue weighted by molar-refractivity contribution is -0.122. The van der Waals surface area contributed by atoms with E-state index in [2.05, 4.69) is 15.9 Å². The predicted octanol–water partition coefficient (Wildman–Crippen LogP) is 1.86. The van der Waals surface area contributed by atoms with Gasteiger partial charge in [0.15, 0.2) is 0 Å². The summed E-state index contributed by atoms with van der Waals surface area (Å²) in [5, 5.41) is 0. The Bertz CT molecular complexity index is 484. The number of likely N-dealkylation sites (tertiary alicyclic amines) is 1. The van der Waals surface area contributed by atoms with Gasteiger partial charge in [-0.05, 0) is 23.8 Å². The van der Waals surface area contributed by atoms with Crippen LogP contribution < -0.4 is 10.5 Å². The lowest BCUT2D eigenvalue weighted by atomic mass is 10.1. The van der Waals surface area contributed by atoms with Crippen molar-refractivity contribution in [2.24, 2.45) is 5.73 Å². The Kier molecular flexibility index (Phi) is 4.42. The zero-order valence-electron chi connectivity index (χ0n) is 10.6. The molecule has 1 heterocycles. The number of amides is 1. The van der Waals surface area contributed by atoms with Crippen LogP contribution in [0.3, 0.4) is 0 Å². The van der Waals surface area contributed by atoms with Gasteiger partial charge in [-0.2, -0.15) is 0 Å². The molecule has 2 rings (SSSR count). The van der Waals surface area contributed by atoms with Crippen LogP contribution in [-0.2, 0) is 11.3 Å². The SMILES string of the molecule is COc1ccc(Br)c(CN2C[C@H](F)C[C@H]2C(N)=O)c1. The van der Waals surface area contributed by atoms with Gasteiger partial charge in [0, 0.05) is 24.0 Å². The van der Waals surface area contributed by atoms with Gasteiger partial charge in [0.1, 0.15) is 11.9 Å². The first kappa shape index (κ1) is 14.3. The number of carbonyl (C=O) groups excluding carboxylic acids is 1. The number of alkyl halides is 1. The minimum Gasteiger partial charge on any atom is -0.497 e. The molecule has 4 nitrogen and oxygen atoms in total. The van der Waals surface area contributed by atoms with Crippen LogP contribution in [0.15, 0.2) is 22.7 Å². The fraction of sp³-hybridized carbons (Fsp3) is 0.462. The molecule has 2 N–H and O–H groups in total. The van der Waals surface area contributed by atoms with E-state index in [1.165, 1.54) is 0 Å². The molecule has 1 amide bonds. The molecule has 1 aromatic rings. The van der Waals surface area contributed by atoms with Gasteiger partial charge in [-0.15, -0.1) is 0 Å². The molecule has 1 aliphatic rings. The summed E-state index contributed by atoms with van der Waals surface area (Å²) in [6.45, 7) is 0.697. The van der Waals surface area contributed by atoms with Crippen molar-refractivity contribution in [2.45, 2.75) is 25.2 Å². The molecule has 0 bridgehead atoms. The monoisotopic (exact) mass is 330 g/mol. The normalized spacial score (nSPS) is 23.5. The molecule has 1 fully saturated rings. The quantitative estimate of drug-likeness (QED) is 0.916. The molecule has 2 atom stereocenters. The van der Waals surface area contributed by atoms with Gasteiger partial charge in [0.2, 0.25) is 5.91 Å². The molecule has 0 saturated carbocycles. The first-order valence-electron chi connectivity index (χ1n) is 6.01. The van der Waals surface area contributed by atoms with E-state index in [1.54, 1.807) is 12.0 Å². The summed E-state index contributed by atoms with van der Waals surface area (Å²) in [7, 11) is 1.59. The number of benzene rings is 1. The number of carbonyl (C=O) groups is 1. The minimum absolute atomic E-state index is 0.178. The van der Waals surface area contributed by atoms with Crippen LogP contribution in [0.5, 0.6) is 5.75 Å². The topological polar surface area (TPSA) is 55.6 Å². The van der Waals surface area contributed by atoms with Crippen LogP contribution in [0.25, 0.3) is 0 Å². The Hall–Kier alpha value is -1.14. The highest BCUT2D eigenvalue weighted by Crippen LogP contribution is 2.28. The minimum atomic E-state index is -0.998. The molecular formula is C13H16BrFN2O2. The number of ether oxygens (including phenoxy) is 1. The summed E-state index contributed by atoms with van der Waals surface area (Å²) >= 11 is 3.45. The van der Waals surface area contributed by atoms with Crippen molar-refractivity contribution >= 4 is 21.8 Å². The highest BCUT2D eigenvalue weighted by atomic mass is 79.9. The number of hydrogen-bond acceptors (Lipinski definition) is 3. The van der Waals surface area contributed by atoms with Crippen LogP contribution in [0.1, 0.15) is 12.0 Å². The summed E-state index contributed by atoms with van der Waals surface area (Å²) in [4.78, 5) is 13.1. The molecular weight excluding hydrogens is 315 g/mol. The number of nitrogens with zero attached hydrogens (tertiary/aromatic N) is 1. The van der Waals surface area contributed by atoms with Gasteiger partial charge in [0.25, 0.3) is 0 Å². The molecule has 104 valence electrons. The Morgan fingerprint density at radius 2 is 2.37 bits per heavy atom. The maximum Gasteiger partial charge on any atom is 0.234 e. The van der Waals surface area contributed by atoms with E-state index in [0.29, 0.717) is 6.54 Å². The molecule has 0 unspecified atom stereocenters. The number of methoxy groups -OCH3 is 1. The highest BCUT2D eigenvalue weighted by molar-refractivity contribution is 9.10. The molecule has 0 spiro atoms. The van der Waals surface area contributed by atoms with E-state index >= 15 is 0 Å². The predicted molar refractivity (Wildman–Crippen MR) is 73.6 cm³/mol. The zero-order valence-corrected chi connectivity index (χ0v) is 12.2. The Morgan fingerprint density at radius 3 is 3.00 bits per heavy atom. The van der Waals surface area contributed by atoms with Gasteiger partial charge in [0.05, 0.1) is 13.2 Å². The third-order valence-electron chi connectivity index (χ3n) is 3.31.